The van der Waals surface area contributed by atoms with Crippen molar-refractivity contribution in [2.75, 3.05) is 19.6 Å². The van der Waals surface area contributed by atoms with Crippen LogP contribution in [0.1, 0.15) is 12.0 Å². The number of carbonyl (C=O) groups excluding carboxylic acids is 1. The molecule has 2 rings (SSSR count). The number of rotatable bonds is 5. The molecule has 0 aliphatic carbocycles. The molecular formula is C15H20ClFN2O. The van der Waals surface area contributed by atoms with Crippen LogP contribution in [-0.4, -0.2) is 30.4 Å². The molecule has 20 heavy (non-hydrogen) atoms. The summed E-state index contributed by atoms with van der Waals surface area (Å²) in [5, 5.41) is 3.20. The first-order chi connectivity index (χ1) is 9.20. The van der Waals surface area contributed by atoms with Crippen LogP contribution in [0.2, 0.25) is 0 Å². The van der Waals surface area contributed by atoms with Gasteiger partial charge in [0.2, 0.25) is 5.91 Å². The Morgan fingerprint density at radius 2 is 2.15 bits per heavy atom. The van der Waals surface area contributed by atoms with Gasteiger partial charge in [0, 0.05) is 19.6 Å². The summed E-state index contributed by atoms with van der Waals surface area (Å²) in [5.74, 6) is -0.0556. The number of nitrogens with one attached hydrogen (secondary N) is 1. The first-order valence-electron chi connectivity index (χ1n) is 6.55. The van der Waals surface area contributed by atoms with Crippen molar-refractivity contribution in [3.63, 3.8) is 0 Å². The molecule has 0 spiro atoms. The number of hydrogen-bond donors (Lipinski definition) is 1. The van der Waals surface area contributed by atoms with Gasteiger partial charge in [0.1, 0.15) is 5.82 Å². The van der Waals surface area contributed by atoms with E-state index >= 15 is 0 Å². The highest BCUT2D eigenvalue weighted by atomic mass is 35.5. The Morgan fingerprint density at radius 3 is 2.70 bits per heavy atom. The number of hydrogen-bond acceptors (Lipinski definition) is 2. The molecule has 5 heteroatoms. The van der Waals surface area contributed by atoms with Crippen molar-refractivity contribution in [1.29, 1.82) is 0 Å². The maximum absolute atomic E-state index is 12.9. The van der Waals surface area contributed by atoms with Gasteiger partial charge in [0.15, 0.2) is 0 Å². The molecule has 0 radical (unpaired) electrons. The summed E-state index contributed by atoms with van der Waals surface area (Å²) in [6.45, 7) is 6.36. The fourth-order valence-electron chi connectivity index (χ4n) is 2.32. The third-order valence-corrected chi connectivity index (χ3v) is 3.36. The van der Waals surface area contributed by atoms with Crippen molar-refractivity contribution in [3.05, 3.63) is 48.3 Å². The molecule has 1 amide bonds. The van der Waals surface area contributed by atoms with Crippen molar-refractivity contribution in [3.8, 4) is 0 Å². The van der Waals surface area contributed by atoms with Gasteiger partial charge < -0.3 is 10.2 Å². The number of amides is 1. The average Bonchev–Trinajstić information content (AvgIpc) is 2.94. The molecule has 1 aromatic rings. The smallest absolute Gasteiger partial charge is 0.227 e. The Morgan fingerprint density at radius 1 is 1.45 bits per heavy atom. The lowest BCUT2D eigenvalue weighted by atomic mass is 10.1. The quantitative estimate of drug-likeness (QED) is 0.847. The second kappa shape index (κ2) is 8.02. The summed E-state index contributed by atoms with van der Waals surface area (Å²) >= 11 is 0. The van der Waals surface area contributed by atoms with E-state index in [1.165, 1.54) is 12.1 Å². The fourth-order valence-corrected chi connectivity index (χ4v) is 2.32. The molecule has 3 nitrogen and oxygen atoms in total. The van der Waals surface area contributed by atoms with Gasteiger partial charge in [-0.15, -0.1) is 19.0 Å². The van der Waals surface area contributed by atoms with Crippen LogP contribution < -0.4 is 5.32 Å². The maximum atomic E-state index is 12.9. The van der Waals surface area contributed by atoms with E-state index in [4.69, 9.17) is 0 Å². The molecule has 1 aliphatic rings. The van der Waals surface area contributed by atoms with Crippen molar-refractivity contribution in [2.45, 2.75) is 13.0 Å². The lowest BCUT2D eigenvalue weighted by molar-refractivity contribution is -0.135. The lowest BCUT2D eigenvalue weighted by Crippen LogP contribution is -2.36. The largest absolute Gasteiger partial charge is 0.334 e. The summed E-state index contributed by atoms with van der Waals surface area (Å²) in [4.78, 5) is 14.1. The van der Waals surface area contributed by atoms with Crippen LogP contribution in [0.3, 0.4) is 0 Å². The minimum atomic E-state index is -0.259. The van der Waals surface area contributed by atoms with Gasteiger partial charge in [-0.2, -0.15) is 0 Å². The number of carbonyl (C=O) groups is 1. The highest BCUT2D eigenvalue weighted by Crippen LogP contribution is 2.15. The van der Waals surface area contributed by atoms with E-state index in [9.17, 15) is 9.18 Å². The summed E-state index contributed by atoms with van der Waals surface area (Å²) in [5.41, 5.74) is 0.933. The van der Waals surface area contributed by atoms with Gasteiger partial charge in [-0.05, 0) is 30.7 Å². The third-order valence-electron chi connectivity index (χ3n) is 3.36. The third kappa shape index (κ3) is 4.32. The zero-order valence-corrected chi connectivity index (χ0v) is 12.2. The molecule has 0 bridgehead atoms. The summed E-state index contributed by atoms with van der Waals surface area (Å²) in [6.07, 6.45) is 2.61. The van der Waals surface area contributed by atoms with E-state index in [-0.39, 0.29) is 30.0 Å². The van der Waals surface area contributed by atoms with E-state index in [0.717, 1.165) is 25.1 Å². The second-order valence-corrected chi connectivity index (χ2v) is 4.82. The van der Waals surface area contributed by atoms with E-state index in [1.807, 2.05) is 0 Å². The Bertz CT molecular complexity index is 444. The molecule has 1 unspecified atom stereocenters. The van der Waals surface area contributed by atoms with Crippen molar-refractivity contribution < 1.29 is 9.18 Å². The molecule has 110 valence electrons. The van der Waals surface area contributed by atoms with Crippen LogP contribution >= 0.6 is 12.4 Å². The predicted molar refractivity (Wildman–Crippen MR) is 80.2 cm³/mol. The monoisotopic (exact) mass is 298 g/mol. The van der Waals surface area contributed by atoms with Gasteiger partial charge in [-0.3, -0.25) is 4.79 Å². The van der Waals surface area contributed by atoms with Crippen LogP contribution in [0.15, 0.2) is 36.9 Å². The SMILES string of the molecule is C=CCN(Cc1ccc(F)cc1)C(=O)C1CCNC1.Cl. The average molecular weight is 299 g/mol. The van der Waals surface area contributed by atoms with E-state index in [2.05, 4.69) is 11.9 Å². The van der Waals surface area contributed by atoms with Crippen LogP contribution in [0.5, 0.6) is 0 Å². The first kappa shape index (κ1) is 16.7. The maximum Gasteiger partial charge on any atom is 0.227 e. The molecule has 0 aromatic heterocycles. The molecular weight excluding hydrogens is 279 g/mol. The van der Waals surface area contributed by atoms with E-state index < -0.39 is 0 Å². The molecule has 0 saturated carbocycles. The van der Waals surface area contributed by atoms with Crippen LogP contribution in [-0.2, 0) is 11.3 Å². The lowest BCUT2D eigenvalue weighted by Gasteiger charge is -2.24. The van der Waals surface area contributed by atoms with Gasteiger partial charge >= 0.3 is 0 Å². The van der Waals surface area contributed by atoms with Crippen LogP contribution in [0.25, 0.3) is 0 Å². The summed E-state index contributed by atoms with van der Waals surface area (Å²) < 4.78 is 12.9. The molecule has 1 aromatic carbocycles. The Balaban J connectivity index is 0.00000200. The summed E-state index contributed by atoms with van der Waals surface area (Å²) in [7, 11) is 0. The minimum Gasteiger partial charge on any atom is -0.334 e. The summed E-state index contributed by atoms with van der Waals surface area (Å²) in [6, 6.07) is 6.27. The van der Waals surface area contributed by atoms with Crippen molar-refractivity contribution in [1.82, 2.24) is 10.2 Å². The first-order valence-corrected chi connectivity index (χ1v) is 6.55. The Labute approximate surface area is 125 Å². The van der Waals surface area contributed by atoms with Gasteiger partial charge in [0.05, 0.1) is 5.92 Å². The normalized spacial score (nSPS) is 17.4. The van der Waals surface area contributed by atoms with Crippen molar-refractivity contribution >= 4 is 18.3 Å². The van der Waals surface area contributed by atoms with Crippen molar-refractivity contribution in [2.24, 2.45) is 5.92 Å². The Kier molecular flexibility index (Phi) is 6.68. The van der Waals surface area contributed by atoms with E-state index in [1.54, 1.807) is 23.1 Å². The molecule has 1 aliphatic heterocycles. The molecule has 1 fully saturated rings. The minimum absolute atomic E-state index is 0. The Hall–Kier alpha value is -1.39. The van der Waals surface area contributed by atoms with Crippen LogP contribution in [0, 0.1) is 11.7 Å². The topological polar surface area (TPSA) is 32.3 Å². The van der Waals surface area contributed by atoms with E-state index in [0.29, 0.717) is 13.1 Å². The van der Waals surface area contributed by atoms with Crippen LogP contribution in [0.4, 0.5) is 4.39 Å². The zero-order chi connectivity index (χ0) is 13.7. The van der Waals surface area contributed by atoms with Gasteiger partial charge in [0.25, 0.3) is 0 Å². The fraction of sp³-hybridized carbons (Fsp3) is 0.400. The number of benzene rings is 1. The van der Waals surface area contributed by atoms with Gasteiger partial charge in [-0.25, -0.2) is 4.39 Å². The molecule has 1 saturated heterocycles. The molecule has 1 atom stereocenters. The molecule has 1 heterocycles. The number of halogens is 2. The highest BCUT2D eigenvalue weighted by molar-refractivity contribution is 5.85. The standard InChI is InChI=1S/C15H19FN2O.ClH/c1-2-9-18(15(19)13-7-8-17-10-13)11-12-3-5-14(16)6-4-12;/h2-6,13,17H,1,7-11H2;1H. The van der Waals surface area contributed by atoms with Gasteiger partial charge in [-0.1, -0.05) is 18.2 Å². The second-order valence-electron chi connectivity index (χ2n) is 4.82. The zero-order valence-electron chi connectivity index (χ0n) is 11.3. The highest BCUT2D eigenvalue weighted by Gasteiger charge is 2.26. The number of nitrogens with zero attached hydrogens (tertiary/aromatic N) is 1. The molecule has 1 N–H and O–H groups in total. The predicted octanol–water partition coefficient (Wildman–Crippen LogP) is 2.37.